The normalized spacial score (nSPS) is 16.9. The van der Waals surface area contributed by atoms with Gasteiger partial charge in [-0.25, -0.2) is 4.79 Å². The van der Waals surface area contributed by atoms with Crippen molar-refractivity contribution < 1.29 is 45.2 Å². The van der Waals surface area contributed by atoms with E-state index >= 15 is 0 Å². The van der Waals surface area contributed by atoms with Crippen LogP contribution in [0.15, 0.2) is 113 Å². The van der Waals surface area contributed by atoms with Crippen LogP contribution in [0.5, 0.6) is 0 Å². The number of anilines is 2. The molecule has 0 atom stereocenters. The molecule has 0 spiro atoms. The number of hydrogen-bond acceptors (Lipinski definition) is 7. The molecule has 0 saturated heterocycles. The summed E-state index contributed by atoms with van der Waals surface area (Å²) in [4.78, 5) is 26.2. The number of carbonyl (C=O) groups excluding carboxylic acids is 1. The fraction of sp³-hybridized carbons (Fsp3) is 0.348. The molecular weight excluding hydrogens is 803 g/mol. The number of nitrogens with zero attached hydrogens (tertiary/aromatic N) is 2. The third-order valence-corrected chi connectivity index (χ3v) is 12.7. The Kier molecular flexibility index (Phi) is 14.3. The molecule has 0 bridgehead atoms. The zero-order chi connectivity index (χ0) is 44.0. The van der Waals surface area contributed by atoms with Crippen molar-refractivity contribution in [1.29, 1.82) is 0 Å². The minimum Gasteiger partial charge on any atom is -0.478 e. The number of benzene rings is 3. The van der Waals surface area contributed by atoms with E-state index in [-0.39, 0.29) is 40.4 Å². The van der Waals surface area contributed by atoms with Crippen LogP contribution in [0.4, 0.5) is 17.1 Å². The van der Waals surface area contributed by atoms with Crippen LogP contribution in [-0.4, -0.2) is 72.1 Å². The second-order valence-corrected chi connectivity index (χ2v) is 19.2. The first kappa shape index (κ1) is 45.9. The summed E-state index contributed by atoms with van der Waals surface area (Å²) < 4.78 is 68.4. The molecule has 3 aromatic rings. The first-order valence-corrected chi connectivity index (χ1v) is 22.9. The molecule has 2 aliphatic heterocycles. The van der Waals surface area contributed by atoms with Gasteiger partial charge in [-0.3, -0.25) is 13.9 Å². The number of nitrogens with one attached hydrogen (secondary N) is 1. The van der Waals surface area contributed by atoms with Gasteiger partial charge in [0, 0.05) is 59.6 Å². The number of aromatic carboxylic acids is 1. The highest BCUT2D eigenvalue weighted by atomic mass is 32.2. The minimum atomic E-state index is -4.48. The lowest BCUT2D eigenvalue weighted by Gasteiger charge is -2.27. The summed E-state index contributed by atoms with van der Waals surface area (Å²) in [5.41, 5.74) is 7.21. The molecule has 2 aliphatic rings. The van der Waals surface area contributed by atoms with Crippen molar-refractivity contribution in [3.8, 4) is 0 Å². The summed E-state index contributed by atoms with van der Waals surface area (Å²) in [5.74, 6) is -1.69. The van der Waals surface area contributed by atoms with Gasteiger partial charge in [-0.1, -0.05) is 49.8 Å². The van der Waals surface area contributed by atoms with E-state index in [9.17, 15) is 40.6 Å². The molecule has 318 valence electrons. The van der Waals surface area contributed by atoms with Gasteiger partial charge in [-0.2, -0.15) is 21.4 Å². The number of carboxylic acids is 1. The van der Waals surface area contributed by atoms with Crippen LogP contribution in [0.3, 0.4) is 0 Å². The summed E-state index contributed by atoms with van der Waals surface area (Å²) >= 11 is 0. The summed E-state index contributed by atoms with van der Waals surface area (Å²) in [7, 11) is -8.62. The van der Waals surface area contributed by atoms with E-state index in [1.165, 1.54) is 35.4 Å². The smallest absolute Gasteiger partial charge is 0.335 e. The number of aryl methyl sites for hydroxylation is 1. The lowest BCUT2D eigenvalue weighted by molar-refractivity contribution is -0.438. The molecule has 2 radical (unpaired) electrons. The number of amides is 1. The van der Waals surface area contributed by atoms with Gasteiger partial charge in [0.1, 0.15) is 6.54 Å². The number of carbonyl (C=O) groups is 2. The number of allylic oxidation sites excluding steroid dienone is 8. The topological polar surface area (TPSA) is 181 Å². The third kappa shape index (κ3) is 11.0. The number of carboxylic acid groups (broad SMARTS) is 1. The molecule has 0 aromatic heterocycles. The second kappa shape index (κ2) is 18.6. The monoisotopic (exact) mass is 856 g/mol. The van der Waals surface area contributed by atoms with E-state index in [1.54, 1.807) is 18.2 Å². The van der Waals surface area contributed by atoms with E-state index in [0.29, 0.717) is 42.7 Å². The predicted molar refractivity (Wildman–Crippen MR) is 236 cm³/mol. The maximum Gasteiger partial charge on any atom is 0.335 e. The third-order valence-electron chi connectivity index (χ3n) is 11.0. The molecule has 0 unspecified atom stereocenters. The van der Waals surface area contributed by atoms with Crippen molar-refractivity contribution in [2.24, 2.45) is 0 Å². The molecule has 3 aromatic carbocycles. The molecule has 2 heterocycles. The zero-order valence-electron chi connectivity index (χ0n) is 34.7. The summed E-state index contributed by atoms with van der Waals surface area (Å²) in [6.45, 7) is 17.4. The first-order chi connectivity index (χ1) is 28.1. The van der Waals surface area contributed by atoms with Crippen molar-refractivity contribution >= 4 is 54.9 Å². The highest BCUT2D eigenvalue weighted by Crippen LogP contribution is 2.48. The van der Waals surface area contributed by atoms with Gasteiger partial charge >= 0.3 is 5.97 Å². The van der Waals surface area contributed by atoms with Gasteiger partial charge < -0.3 is 15.3 Å². The van der Waals surface area contributed by atoms with Crippen LogP contribution < -0.4 is 10.2 Å². The summed E-state index contributed by atoms with van der Waals surface area (Å²) in [5, 5.41) is 12.1. The fourth-order valence-corrected chi connectivity index (χ4v) is 8.88. The Labute approximate surface area is 354 Å². The Hall–Kier alpha value is -5.15. The van der Waals surface area contributed by atoms with Crippen molar-refractivity contribution in [3.05, 3.63) is 138 Å². The lowest BCUT2D eigenvalue weighted by Crippen LogP contribution is -2.28. The predicted octanol–water partition coefficient (Wildman–Crippen LogP) is 8.61. The Balaban J connectivity index is 1.49. The van der Waals surface area contributed by atoms with Crippen LogP contribution >= 0.6 is 0 Å². The maximum atomic E-state index is 13.2. The number of hydrogen-bond donors (Lipinski definition) is 4. The van der Waals surface area contributed by atoms with Crippen LogP contribution in [0.1, 0.15) is 93.3 Å². The van der Waals surface area contributed by atoms with E-state index in [0.717, 1.165) is 35.6 Å². The quantitative estimate of drug-likeness (QED) is 0.0419. The fourth-order valence-electron chi connectivity index (χ4n) is 7.80. The zero-order valence-corrected chi connectivity index (χ0v) is 36.3. The van der Waals surface area contributed by atoms with E-state index in [1.807, 2.05) is 49.1 Å². The Morgan fingerprint density at radius 1 is 0.867 bits per heavy atom. The largest absolute Gasteiger partial charge is 0.478 e. The Morgan fingerprint density at radius 2 is 1.58 bits per heavy atom. The maximum absolute atomic E-state index is 13.2. The molecule has 4 N–H and O–H groups in total. The van der Waals surface area contributed by atoms with Crippen molar-refractivity contribution in [3.63, 3.8) is 0 Å². The SMILES string of the molecule is [CH]CCC[N+]1=C(/C=C/C(=C/C=C/C=C2/N(CCCCS(=O)(=O)O)c3ccc(S(=O)(=O)O)cc3C2(C)C)CCC(=O)Nc2ccc(C(=O)O)cc2)C(C)(C)c2cc(C)ccc21. The molecule has 5 rings (SSSR count). The van der Waals surface area contributed by atoms with Gasteiger partial charge in [0.05, 0.1) is 21.6 Å². The van der Waals surface area contributed by atoms with E-state index in [2.05, 4.69) is 54.9 Å². The van der Waals surface area contributed by atoms with E-state index in [4.69, 9.17) is 6.92 Å². The molecule has 0 saturated carbocycles. The average molecular weight is 857 g/mol. The van der Waals surface area contributed by atoms with Gasteiger partial charge in [0.15, 0.2) is 5.71 Å². The van der Waals surface area contributed by atoms with Gasteiger partial charge in [0.2, 0.25) is 11.6 Å². The van der Waals surface area contributed by atoms with Gasteiger partial charge in [0.25, 0.3) is 20.2 Å². The molecule has 14 heteroatoms. The van der Waals surface area contributed by atoms with Gasteiger partial charge in [-0.15, -0.1) is 0 Å². The standard InChI is InChI=1S/C46H53N3O9S2/c1-7-8-27-48-39-23-15-32(2)30-37(39)45(3,4)42(48)25-16-33(17-26-43(50)47-35-20-18-34(19-21-35)44(51)52)13-9-10-14-41-46(5,6)38-31-36(60(56,57)58)22-24-40(38)49(41)28-11-12-29-59(53,54)55/h1,9-10,13-16,18-25,30-31H,7-8,11-12,17,26-29H2,2-6H3,(H3-,47,50,51,52,53,54,55,56,57,58)/p+1. The molecular formula is C46H54N3O9S2+. The van der Waals surface area contributed by atoms with Crippen LogP contribution in [0, 0.1) is 13.8 Å². The van der Waals surface area contributed by atoms with Crippen LogP contribution in [0.2, 0.25) is 0 Å². The molecule has 1 amide bonds. The Morgan fingerprint density at radius 3 is 2.23 bits per heavy atom. The van der Waals surface area contributed by atoms with Crippen LogP contribution in [0.25, 0.3) is 0 Å². The van der Waals surface area contributed by atoms with Crippen LogP contribution in [-0.2, 0) is 35.9 Å². The number of unbranched alkanes of at least 4 members (excludes halogenated alkanes) is 2. The Bertz CT molecular complexity index is 2510. The molecule has 0 aliphatic carbocycles. The van der Waals surface area contributed by atoms with Crippen molar-refractivity contribution in [2.45, 2.75) is 88.9 Å². The molecule has 0 fully saturated rings. The molecule has 60 heavy (non-hydrogen) atoms. The highest BCUT2D eigenvalue weighted by molar-refractivity contribution is 7.86. The summed E-state index contributed by atoms with van der Waals surface area (Å²) in [6, 6.07) is 16.8. The number of fused-ring (bicyclic) bond motifs is 2. The first-order valence-electron chi connectivity index (χ1n) is 19.8. The minimum absolute atomic E-state index is 0.114. The van der Waals surface area contributed by atoms with Crippen molar-refractivity contribution in [2.75, 3.05) is 29.1 Å². The number of rotatable bonds is 18. The highest BCUT2D eigenvalue weighted by Gasteiger charge is 2.44. The second-order valence-electron chi connectivity index (χ2n) is 16.2. The summed E-state index contributed by atoms with van der Waals surface area (Å²) in [6.07, 6.45) is 14.1. The average Bonchev–Trinajstić information content (AvgIpc) is 3.51. The lowest BCUT2D eigenvalue weighted by atomic mass is 9.80. The van der Waals surface area contributed by atoms with Gasteiger partial charge in [-0.05, 0) is 119 Å². The van der Waals surface area contributed by atoms with Crippen molar-refractivity contribution in [1.82, 2.24) is 0 Å². The van der Waals surface area contributed by atoms with E-state index < -0.39 is 31.6 Å². The molecule has 12 nitrogen and oxygen atoms in total.